The number of nitrogens with zero attached hydrogens (tertiary/aromatic N) is 2. The van der Waals surface area contributed by atoms with Gasteiger partial charge in [-0.1, -0.05) is 19.8 Å². The van der Waals surface area contributed by atoms with E-state index in [1.54, 1.807) is 11.3 Å². The summed E-state index contributed by atoms with van der Waals surface area (Å²) in [6.45, 7) is 3.79. The predicted octanol–water partition coefficient (Wildman–Crippen LogP) is 2.68. The van der Waals surface area contributed by atoms with Gasteiger partial charge >= 0.3 is 0 Å². The molecule has 2 N–H and O–H groups in total. The monoisotopic (exact) mass is 307 g/mol. The van der Waals surface area contributed by atoms with E-state index in [9.17, 15) is 4.79 Å². The molecular formula is C16H25N3OS. The molecule has 2 heterocycles. The average molecular weight is 307 g/mol. The summed E-state index contributed by atoms with van der Waals surface area (Å²) in [7, 11) is 0. The van der Waals surface area contributed by atoms with E-state index in [1.807, 2.05) is 4.90 Å². The summed E-state index contributed by atoms with van der Waals surface area (Å²) in [5.41, 5.74) is 6.93. The van der Waals surface area contributed by atoms with Crippen LogP contribution in [0, 0.1) is 0 Å². The zero-order valence-electron chi connectivity index (χ0n) is 12.8. The number of aromatic nitrogens is 1. The minimum absolute atomic E-state index is 0.178. The Kier molecular flexibility index (Phi) is 4.31. The van der Waals surface area contributed by atoms with Crippen molar-refractivity contribution >= 4 is 17.2 Å². The predicted molar refractivity (Wildman–Crippen MR) is 85.4 cm³/mol. The van der Waals surface area contributed by atoms with Gasteiger partial charge in [-0.15, -0.1) is 11.3 Å². The second kappa shape index (κ2) is 6.05. The van der Waals surface area contributed by atoms with Crippen LogP contribution < -0.4 is 5.73 Å². The lowest BCUT2D eigenvalue weighted by atomic mass is 9.93. The van der Waals surface area contributed by atoms with Crippen molar-refractivity contribution in [3.63, 3.8) is 0 Å². The fourth-order valence-corrected chi connectivity index (χ4v) is 4.60. The number of amides is 1. The highest BCUT2D eigenvalue weighted by molar-refractivity contribution is 7.09. The third-order valence-electron chi connectivity index (χ3n) is 4.91. The molecule has 1 aromatic rings. The van der Waals surface area contributed by atoms with Crippen molar-refractivity contribution in [1.29, 1.82) is 0 Å². The van der Waals surface area contributed by atoms with Crippen LogP contribution >= 0.6 is 11.3 Å². The number of aryl methyl sites for hydroxylation is 1. The molecule has 0 unspecified atom stereocenters. The summed E-state index contributed by atoms with van der Waals surface area (Å²) in [6, 6.07) is 0. The Morgan fingerprint density at radius 1 is 1.48 bits per heavy atom. The summed E-state index contributed by atoms with van der Waals surface area (Å²) in [4.78, 5) is 19.5. The zero-order valence-corrected chi connectivity index (χ0v) is 13.6. The van der Waals surface area contributed by atoms with Gasteiger partial charge in [0.05, 0.1) is 16.2 Å². The van der Waals surface area contributed by atoms with Gasteiger partial charge in [-0.2, -0.15) is 0 Å². The maximum Gasteiger partial charge on any atom is 0.242 e. The number of nitrogens with two attached hydrogens (primary N) is 1. The number of hydrogen-bond donors (Lipinski definition) is 1. The summed E-state index contributed by atoms with van der Waals surface area (Å²) in [5, 5.41) is 3.35. The van der Waals surface area contributed by atoms with Crippen LogP contribution in [0.25, 0.3) is 0 Å². The van der Waals surface area contributed by atoms with E-state index in [-0.39, 0.29) is 5.91 Å². The van der Waals surface area contributed by atoms with Crippen molar-refractivity contribution in [3.05, 3.63) is 16.1 Å². The van der Waals surface area contributed by atoms with Crippen LogP contribution in [-0.2, 0) is 11.2 Å². The normalized spacial score (nSPS) is 25.2. The molecule has 1 aromatic heterocycles. The number of hydrogen-bond acceptors (Lipinski definition) is 4. The minimum Gasteiger partial charge on any atom is -0.340 e. The molecule has 3 rings (SSSR count). The lowest BCUT2D eigenvalue weighted by molar-refractivity contribution is -0.138. The maximum absolute atomic E-state index is 12.7. The van der Waals surface area contributed by atoms with Gasteiger partial charge in [0.1, 0.15) is 0 Å². The summed E-state index contributed by atoms with van der Waals surface area (Å²) >= 11 is 1.75. The van der Waals surface area contributed by atoms with Crippen LogP contribution in [-0.4, -0.2) is 34.4 Å². The van der Waals surface area contributed by atoms with Gasteiger partial charge in [0.15, 0.2) is 0 Å². The first-order valence-electron chi connectivity index (χ1n) is 8.15. The van der Waals surface area contributed by atoms with Crippen molar-refractivity contribution in [1.82, 2.24) is 9.88 Å². The molecule has 116 valence electrons. The first-order chi connectivity index (χ1) is 10.1. The van der Waals surface area contributed by atoms with E-state index in [2.05, 4.69) is 12.3 Å². The molecule has 0 spiro atoms. The molecule has 1 amide bonds. The molecule has 1 saturated carbocycles. The van der Waals surface area contributed by atoms with E-state index in [4.69, 9.17) is 10.7 Å². The second-order valence-electron chi connectivity index (χ2n) is 6.48. The van der Waals surface area contributed by atoms with Crippen molar-refractivity contribution in [2.24, 2.45) is 5.73 Å². The molecule has 1 aliphatic carbocycles. The van der Waals surface area contributed by atoms with Crippen LogP contribution in [0.15, 0.2) is 5.38 Å². The highest BCUT2D eigenvalue weighted by Crippen LogP contribution is 2.33. The SMILES string of the molecule is CCc1csc([C@@H]2CCCN(C(=O)C3(N)CCCC3)C2)n1. The molecule has 2 fully saturated rings. The number of rotatable bonds is 3. The topological polar surface area (TPSA) is 59.2 Å². The summed E-state index contributed by atoms with van der Waals surface area (Å²) in [5.74, 6) is 0.579. The average Bonchev–Trinajstić information content (AvgIpc) is 3.16. The summed E-state index contributed by atoms with van der Waals surface area (Å²) < 4.78 is 0. The third-order valence-corrected chi connectivity index (χ3v) is 5.97. The fourth-order valence-electron chi connectivity index (χ4n) is 3.57. The number of carbonyl (C=O) groups excluding carboxylic acids is 1. The highest BCUT2D eigenvalue weighted by atomic mass is 32.1. The Hall–Kier alpha value is -0.940. The molecule has 0 aromatic carbocycles. The smallest absolute Gasteiger partial charge is 0.242 e. The van der Waals surface area contributed by atoms with E-state index in [1.165, 1.54) is 10.7 Å². The quantitative estimate of drug-likeness (QED) is 0.934. The van der Waals surface area contributed by atoms with E-state index < -0.39 is 5.54 Å². The Morgan fingerprint density at radius 3 is 2.90 bits per heavy atom. The van der Waals surface area contributed by atoms with E-state index in [0.717, 1.165) is 58.0 Å². The Morgan fingerprint density at radius 2 is 2.24 bits per heavy atom. The first kappa shape index (κ1) is 15.0. The number of piperidine rings is 1. The second-order valence-corrected chi connectivity index (χ2v) is 7.37. The largest absolute Gasteiger partial charge is 0.340 e. The van der Waals surface area contributed by atoms with Crippen molar-refractivity contribution in [3.8, 4) is 0 Å². The standard InChI is InChI=1S/C16H25N3OS/c1-2-13-11-21-14(18-13)12-6-5-9-19(10-12)15(20)16(17)7-3-4-8-16/h11-12H,2-10,17H2,1H3/t12-/m1/s1. The molecule has 0 bridgehead atoms. The molecular weight excluding hydrogens is 282 g/mol. The molecule has 21 heavy (non-hydrogen) atoms. The van der Waals surface area contributed by atoms with Crippen molar-refractivity contribution in [2.45, 2.75) is 63.3 Å². The molecule has 1 aliphatic heterocycles. The molecule has 1 atom stereocenters. The van der Waals surface area contributed by atoms with Gasteiger partial charge in [0.2, 0.25) is 5.91 Å². The van der Waals surface area contributed by atoms with E-state index >= 15 is 0 Å². The van der Waals surface area contributed by atoms with E-state index in [0.29, 0.717) is 5.92 Å². The Bertz CT molecular complexity index is 507. The third kappa shape index (κ3) is 2.99. The lowest BCUT2D eigenvalue weighted by Gasteiger charge is -2.36. The molecule has 1 saturated heterocycles. The van der Waals surface area contributed by atoms with Crippen molar-refractivity contribution in [2.75, 3.05) is 13.1 Å². The molecule has 2 aliphatic rings. The van der Waals surface area contributed by atoms with Crippen molar-refractivity contribution < 1.29 is 4.79 Å². The van der Waals surface area contributed by atoms with Gasteiger partial charge in [0, 0.05) is 24.4 Å². The van der Waals surface area contributed by atoms with Gasteiger partial charge < -0.3 is 10.6 Å². The van der Waals surface area contributed by atoms with Crippen LogP contribution in [0.1, 0.15) is 62.1 Å². The lowest BCUT2D eigenvalue weighted by Crippen LogP contribution is -2.55. The number of carbonyl (C=O) groups is 1. The highest BCUT2D eigenvalue weighted by Gasteiger charge is 2.41. The Labute approximate surface area is 130 Å². The summed E-state index contributed by atoms with van der Waals surface area (Å²) in [6.07, 6.45) is 7.06. The number of thiazole rings is 1. The Balaban J connectivity index is 1.69. The maximum atomic E-state index is 12.7. The van der Waals surface area contributed by atoms with Gasteiger partial charge in [-0.3, -0.25) is 4.79 Å². The van der Waals surface area contributed by atoms with Gasteiger partial charge in [-0.05, 0) is 32.1 Å². The number of likely N-dealkylation sites (tertiary alicyclic amines) is 1. The molecule has 0 radical (unpaired) electrons. The first-order valence-corrected chi connectivity index (χ1v) is 9.03. The molecule has 4 nitrogen and oxygen atoms in total. The minimum atomic E-state index is -0.584. The fraction of sp³-hybridized carbons (Fsp3) is 0.750. The van der Waals surface area contributed by atoms with Gasteiger partial charge in [0.25, 0.3) is 0 Å². The zero-order chi connectivity index (χ0) is 14.9. The molecule has 5 heteroatoms. The van der Waals surface area contributed by atoms with Crippen LogP contribution in [0.2, 0.25) is 0 Å². The van der Waals surface area contributed by atoms with Gasteiger partial charge in [-0.25, -0.2) is 4.98 Å². The van der Waals surface area contributed by atoms with Crippen LogP contribution in [0.4, 0.5) is 0 Å². The van der Waals surface area contributed by atoms with Crippen LogP contribution in [0.5, 0.6) is 0 Å². The van der Waals surface area contributed by atoms with Crippen LogP contribution in [0.3, 0.4) is 0 Å².